The number of aliphatic hydroxyl groups is 1. The highest BCUT2D eigenvalue weighted by atomic mass is 32.2. The Hall–Kier alpha value is -0.960. The average Bonchev–Trinajstić information content (AvgIpc) is 2.95. The van der Waals surface area contributed by atoms with E-state index in [9.17, 15) is 18.3 Å². The van der Waals surface area contributed by atoms with Crippen LogP contribution >= 0.6 is 11.3 Å². The number of ether oxygens (including phenoxy) is 1. The van der Waals surface area contributed by atoms with Crippen LogP contribution in [0.3, 0.4) is 0 Å². The van der Waals surface area contributed by atoms with Crippen LogP contribution < -0.4 is 0 Å². The smallest absolute Gasteiger partial charge is 0.349 e. The number of methoxy groups -OCH3 is 1. The van der Waals surface area contributed by atoms with Gasteiger partial charge in [0.2, 0.25) is 10.0 Å². The van der Waals surface area contributed by atoms with Gasteiger partial charge in [0.05, 0.1) is 13.2 Å². The van der Waals surface area contributed by atoms with Crippen LogP contribution in [0.5, 0.6) is 0 Å². The summed E-state index contributed by atoms with van der Waals surface area (Å²) >= 11 is 1.05. The molecule has 0 saturated carbocycles. The number of hydrogen-bond acceptors (Lipinski definition) is 6. The normalized spacial score (nSPS) is 20.7. The van der Waals surface area contributed by atoms with Gasteiger partial charge in [0.15, 0.2) is 0 Å². The van der Waals surface area contributed by atoms with Crippen LogP contribution in [0, 0.1) is 6.92 Å². The van der Waals surface area contributed by atoms with Crippen molar-refractivity contribution >= 4 is 27.3 Å². The molecule has 0 spiro atoms. The summed E-state index contributed by atoms with van der Waals surface area (Å²) in [5, 5.41) is 11.1. The van der Waals surface area contributed by atoms with E-state index in [1.807, 2.05) is 0 Å². The Bertz CT molecular complexity index is 592. The molecule has 0 amide bonds. The first-order valence-corrected chi connectivity index (χ1v) is 8.04. The predicted molar refractivity (Wildman–Crippen MR) is 69.8 cm³/mol. The van der Waals surface area contributed by atoms with E-state index in [1.54, 1.807) is 12.3 Å². The fourth-order valence-electron chi connectivity index (χ4n) is 2.05. The van der Waals surface area contributed by atoms with E-state index in [2.05, 4.69) is 4.74 Å². The summed E-state index contributed by atoms with van der Waals surface area (Å²) < 4.78 is 30.8. The van der Waals surface area contributed by atoms with Gasteiger partial charge in [-0.3, -0.25) is 0 Å². The second-order valence-electron chi connectivity index (χ2n) is 4.37. The zero-order chi connectivity index (χ0) is 14.2. The zero-order valence-corrected chi connectivity index (χ0v) is 12.3. The number of nitrogens with zero attached hydrogens (tertiary/aromatic N) is 1. The third kappa shape index (κ3) is 2.53. The summed E-state index contributed by atoms with van der Waals surface area (Å²) in [6.07, 6.45) is -0.231. The lowest BCUT2D eigenvalue weighted by atomic mass is 10.3. The number of carbonyl (C=O) groups excluding carboxylic acids is 1. The van der Waals surface area contributed by atoms with Crippen molar-refractivity contribution in [1.82, 2.24) is 4.31 Å². The number of hydrogen-bond donors (Lipinski definition) is 1. The Morgan fingerprint density at radius 3 is 2.79 bits per heavy atom. The Labute approximate surface area is 115 Å². The maximum atomic E-state index is 12.5. The molecule has 0 radical (unpaired) electrons. The number of carbonyl (C=O) groups is 1. The highest BCUT2D eigenvalue weighted by molar-refractivity contribution is 7.89. The van der Waals surface area contributed by atoms with Crippen LogP contribution in [0.2, 0.25) is 0 Å². The van der Waals surface area contributed by atoms with Crippen LogP contribution in [0.4, 0.5) is 0 Å². The SMILES string of the molecule is COC(=O)c1scc(C)c1S(=O)(=O)N1CC[C@H](O)C1. The first kappa shape index (κ1) is 14.4. The van der Waals surface area contributed by atoms with Gasteiger partial charge in [0, 0.05) is 13.1 Å². The number of aryl methyl sites for hydroxylation is 1. The second kappa shape index (κ2) is 5.20. The highest BCUT2D eigenvalue weighted by Gasteiger charge is 2.36. The molecule has 8 heteroatoms. The van der Waals surface area contributed by atoms with E-state index in [0.717, 1.165) is 11.3 Å². The summed E-state index contributed by atoms with van der Waals surface area (Å²) in [6, 6.07) is 0. The van der Waals surface area contributed by atoms with E-state index < -0.39 is 22.1 Å². The third-order valence-corrected chi connectivity index (χ3v) is 6.27. The molecule has 1 aliphatic heterocycles. The quantitative estimate of drug-likeness (QED) is 0.827. The van der Waals surface area contributed by atoms with Crippen LogP contribution in [0.25, 0.3) is 0 Å². The van der Waals surface area contributed by atoms with Gasteiger partial charge >= 0.3 is 5.97 Å². The first-order chi connectivity index (χ1) is 8.87. The maximum Gasteiger partial charge on any atom is 0.349 e. The van der Waals surface area contributed by atoms with Gasteiger partial charge in [-0.2, -0.15) is 4.31 Å². The van der Waals surface area contributed by atoms with E-state index in [-0.39, 0.29) is 22.9 Å². The zero-order valence-electron chi connectivity index (χ0n) is 10.6. The van der Waals surface area contributed by atoms with E-state index in [0.29, 0.717) is 12.0 Å². The van der Waals surface area contributed by atoms with Gasteiger partial charge in [-0.1, -0.05) is 0 Å². The number of thiophene rings is 1. The topological polar surface area (TPSA) is 83.9 Å². The summed E-state index contributed by atoms with van der Waals surface area (Å²) in [7, 11) is -2.55. The Kier molecular flexibility index (Phi) is 3.95. The third-order valence-electron chi connectivity index (χ3n) is 3.01. The average molecular weight is 305 g/mol. The van der Waals surface area contributed by atoms with Crippen LogP contribution in [0.15, 0.2) is 10.3 Å². The van der Waals surface area contributed by atoms with Crippen LogP contribution in [0.1, 0.15) is 21.7 Å². The maximum absolute atomic E-state index is 12.5. The molecular weight excluding hydrogens is 290 g/mol. The molecule has 0 bridgehead atoms. The molecule has 1 aromatic rings. The largest absolute Gasteiger partial charge is 0.465 e. The van der Waals surface area contributed by atoms with Gasteiger partial charge in [-0.05, 0) is 24.3 Å². The number of aliphatic hydroxyl groups excluding tert-OH is 1. The molecule has 19 heavy (non-hydrogen) atoms. The molecule has 1 aliphatic rings. The molecule has 2 rings (SSSR count). The van der Waals surface area contributed by atoms with Crippen LogP contribution in [-0.2, 0) is 14.8 Å². The molecule has 0 aromatic carbocycles. The lowest BCUT2D eigenvalue weighted by Crippen LogP contribution is -2.30. The number of esters is 1. The minimum Gasteiger partial charge on any atom is -0.465 e. The van der Waals surface area contributed by atoms with Gasteiger partial charge < -0.3 is 9.84 Å². The molecule has 0 aliphatic carbocycles. The molecule has 1 aromatic heterocycles. The van der Waals surface area contributed by atoms with Crippen molar-refractivity contribution in [2.75, 3.05) is 20.2 Å². The minimum absolute atomic E-state index is 0.00144. The Balaban J connectivity index is 2.46. The van der Waals surface area contributed by atoms with Crippen molar-refractivity contribution in [2.24, 2.45) is 0 Å². The second-order valence-corrected chi connectivity index (χ2v) is 7.13. The monoisotopic (exact) mass is 305 g/mol. The lowest BCUT2D eigenvalue weighted by molar-refractivity contribution is 0.0602. The van der Waals surface area contributed by atoms with Crippen molar-refractivity contribution in [1.29, 1.82) is 0 Å². The molecule has 1 N–H and O–H groups in total. The van der Waals surface area contributed by atoms with Crippen molar-refractivity contribution in [3.05, 3.63) is 15.8 Å². The van der Waals surface area contributed by atoms with Gasteiger partial charge in [0.25, 0.3) is 0 Å². The van der Waals surface area contributed by atoms with E-state index in [4.69, 9.17) is 0 Å². The molecule has 1 saturated heterocycles. The molecule has 1 fully saturated rings. The predicted octanol–water partition coefficient (Wildman–Crippen LogP) is 0.598. The van der Waals surface area contributed by atoms with Crippen molar-refractivity contribution in [3.8, 4) is 0 Å². The van der Waals surface area contributed by atoms with E-state index >= 15 is 0 Å². The molecule has 106 valence electrons. The summed E-state index contributed by atoms with van der Waals surface area (Å²) in [5.74, 6) is -0.656. The van der Waals surface area contributed by atoms with Crippen molar-refractivity contribution in [3.63, 3.8) is 0 Å². The number of sulfonamides is 1. The molecule has 2 heterocycles. The standard InChI is InChI=1S/C11H15NO5S2/c1-7-6-18-9(11(14)17-2)10(7)19(15,16)12-4-3-8(13)5-12/h6,8,13H,3-5H2,1-2H3/t8-/m0/s1. The molecule has 0 unspecified atom stereocenters. The van der Waals surface area contributed by atoms with Crippen LogP contribution in [-0.4, -0.2) is 50.1 Å². The first-order valence-electron chi connectivity index (χ1n) is 5.72. The summed E-state index contributed by atoms with van der Waals surface area (Å²) in [4.78, 5) is 11.7. The van der Waals surface area contributed by atoms with Gasteiger partial charge in [0.1, 0.15) is 9.77 Å². The van der Waals surface area contributed by atoms with Gasteiger partial charge in [-0.15, -0.1) is 11.3 Å². The number of β-amino-alcohol motifs (C(OH)–C–C–N with tert-alkyl or cyclic N) is 1. The molecule has 6 nitrogen and oxygen atoms in total. The van der Waals surface area contributed by atoms with Crippen molar-refractivity contribution in [2.45, 2.75) is 24.3 Å². The van der Waals surface area contributed by atoms with E-state index in [1.165, 1.54) is 11.4 Å². The fourth-order valence-corrected chi connectivity index (χ4v) is 5.20. The highest BCUT2D eigenvalue weighted by Crippen LogP contribution is 2.31. The lowest BCUT2D eigenvalue weighted by Gasteiger charge is -2.16. The minimum atomic E-state index is -3.76. The Morgan fingerprint density at radius 2 is 2.26 bits per heavy atom. The fraction of sp³-hybridized carbons (Fsp3) is 0.545. The molecular formula is C11H15NO5S2. The number of rotatable bonds is 3. The van der Waals surface area contributed by atoms with Gasteiger partial charge in [-0.25, -0.2) is 13.2 Å². The summed E-state index contributed by atoms with van der Waals surface area (Å²) in [5.41, 5.74) is 0.520. The van der Waals surface area contributed by atoms with Crippen molar-refractivity contribution < 1.29 is 23.1 Å². The molecule has 1 atom stereocenters. The Morgan fingerprint density at radius 1 is 1.58 bits per heavy atom. The summed E-state index contributed by atoms with van der Waals surface area (Å²) in [6.45, 7) is 1.97.